The first kappa shape index (κ1) is 15.0. The predicted octanol–water partition coefficient (Wildman–Crippen LogP) is 1.86. The van der Waals surface area contributed by atoms with Crippen LogP contribution < -0.4 is 5.32 Å². The van der Waals surface area contributed by atoms with Gasteiger partial charge in [-0.3, -0.25) is 9.78 Å². The summed E-state index contributed by atoms with van der Waals surface area (Å²) in [6.45, 7) is 1.85. The van der Waals surface area contributed by atoms with Gasteiger partial charge in [-0.15, -0.1) is 0 Å². The molecule has 0 saturated carbocycles. The standard InChI is InChI=1S/C16H25N3O/c1-19(2)15(20)16(9-5-11-18-13-16)8-3-6-14-7-4-10-17-12-14/h4,7,10,12,18H,3,5-6,8-9,11,13H2,1-2H3/t16-/m0/s1. The van der Waals surface area contributed by atoms with Gasteiger partial charge in [0, 0.05) is 33.0 Å². The Kier molecular flexibility index (Phi) is 5.12. The summed E-state index contributed by atoms with van der Waals surface area (Å²) >= 11 is 0. The lowest BCUT2D eigenvalue weighted by Crippen LogP contribution is -2.50. The Morgan fingerprint density at radius 1 is 1.50 bits per heavy atom. The van der Waals surface area contributed by atoms with Crippen LogP contribution in [0.5, 0.6) is 0 Å². The van der Waals surface area contributed by atoms with Crippen LogP contribution in [0, 0.1) is 5.41 Å². The first-order valence-corrected chi connectivity index (χ1v) is 7.45. The largest absolute Gasteiger partial charge is 0.348 e. The van der Waals surface area contributed by atoms with Crippen LogP contribution in [-0.4, -0.2) is 43.0 Å². The minimum Gasteiger partial charge on any atom is -0.348 e. The Hall–Kier alpha value is -1.42. The maximum absolute atomic E-state index is 12.5. The molecule has 1 fully saturated rings. The molecule has 1 atom stereocenters. The lowest BCUT2D eigenvalue weighted by molar-refractivity contribution is -0.141. The van der Waals surface area contributed by atoms with Gasteiger partial charge in [-0.05, 0) is 50.3 Å². The molecule has 1 aliphatic heterocycles. The van der Waals surface area contributed by atoms with Crippen molar-refractivity contribution in [2.45, 2.75) is 32.1 Å². The number of carbonyl (C=O) groups excluding carboxylic acids is 1. The molecule has 4 nitrogen and oxygen atoms in total. The van der Waals surface area contributed by atoms with Crippen molar-refractivity contribution in [1.29, 1.82) is 0 Å². The molecule has 110 valence electrons. The van der Waals surface area contributed by atoms with E-state index in [2.05, 4.69) is 16.4 Å². The summed E-state index contributed by atoms with van der Waals surface area (Å²) in [6, 6.07) is 4.07. The number of nitrogens with zero attached hydrogens (tertiary/aromatic N) is 2. The average molecular weight is 275 g/mol. The molecule has 2 heterocycles. The lowest BCUT2D eigenvalue weighted by atomic mass is 9.75. The van der Waals surface area contributed by atoms with E-state index in [1.54, 1.807) is 11.1 Å². The van der Waals surface area contributed by atoms with E-state index in [0.29, 0.717) is 0 Å². The molecule has 1 aromatic heterocycles. The Balaban J connectivity index is 1.96. The fraction of sp³-hybridized carbons (Fsp3) is 0.625. The minimum atomic E-state index is -0.204. The van der Waals surface area contributed by atoms with Crippen molar-refractivity contribution in [2.24, 2.45) is 5.41 Å². The topological polar surface area (TPSA) is 45.2 Å². The van der Waals surface area contributed by atoms with Crippen molar-refractivity contribution >= 4 is 5.91 Å². The quantitative estimate of drug-likeness (QED) is 0.892. The fourth-order valence-electron chi connectivity index (χ4n) is 3.12. The summed E-state index contributed by atoms with van der Waals surface area (Å²) in [6.07, 6.45) is 8.79. The molecule has 0 spiro atoms. The Bertz CT molecular complexity index is 425. The average Bonchev–Trinajstić information content (AvgIpc) is 2.48. The van der Waals surface area contributed by atoms with Crippen LogP contribution >= 0.6 is 0 Å². The van der Waals surface area contributed by atoms with Gasteiger partial charge in [0.1, 0.15) is 0 Å². The zero-order valence-corrected chi connectivity index (χ0v) is 12.6. The third-order valence-corrected chi connectivity index (χ3v) is 4.18. The van der Waals surface area contributed by atoms with Crippen molar-refractivity contribution in [3.8, 4) is 0 Å². The molecule has 0 bridgehead atoms. The second kappa shape index (κ2) is 6.84. The van der Waals surface area contributed by atoms with Crippen LogP contribution in [0.25, 0.3) is 0 Å². The van der Waals surface area contributed by atoms with E-state index in [1.165, 1.54) is 5.56 Å². The van der Waals surface area contributed by atoms with E-state index in [0.717, 1.165) is 45.2 Å². The molecular formula is C16H25N3O. The molecule has 4 heteroatoms. The highest BCUT2D eigenvalue weighted by molar-refractivity contribution is 5.82. The molecule has 1 saturated heterocycles. The molecule has 2 rings (SSSR count). The number of carbonyl (C=O) groups is 1. The van der Waals surface area contributed by atoms with E-state index in [9.17, 15) is 4.79 Å². The number of nitrogens with one attached hydrogen (secondary N) is 1. The van der Waals surface area contributed by atoms with Gasteiger partial charge in [0.25, 0.3) is 0 Å². The van der Waals surface area contributed by atoms with Gasteiger partial charge >= 0.3 is 0 Å². The third-order valence-electron chi connectivity index (χ3n) is 4.18. The Morgan fingerprint density at radius 3 is 2.95 bits per heavy atom. The highest BCUT2D eigenvalue weighted by Gasteiger charge is 2.39. The maximum Gasteiger partial charge on any atom is 0.229 e. The zero-order chi connectivity index (χ0) is 14.4. The Morgan fingerprint density at radius 2 is 2.35 bits per heavy atom. The van der Waals surface area contributed by atoms with Gasteiger partial charge in [0.15, 0.2) is 0 Å². The van der Waals surface area contributed by atoms with Gasteiger partial charge < -0.3 is 10.2 Å². The molecule has 0 aliphatic carbocycles. The van der Waals surface area contributed by atoms with Gasteiger partial charge in [0.05, 0.1) is 5.41 Å². The highest BCUT2D eigenvalue weighted by Crippen LogP contribution is 2.33. The second-order valence-corrected chi connectivity index (χ2v) is 5.98. The van der Waals surface area contributed by atoms with Crippen molar-refractivity contribution in [2.75, 3.05) is 27.2 Å². The van der Waals surface area contributed by atoms with Crippen LogP contribution in [0.3, 0.4) is 0 Å². The van der Waals surface area contributed by atoms with Crippen molar-refractivity contribution in [3.63, 3.8) is 0 Å². The molecule has 0 radical (unpaired) electrons. The van der Waals surface area contributed by atoms with E-state index >= 15 is 0 Å². The molecule has 1 aliphatic rings. The summed E-state index contributed by atoms with van der Waals surface area (Å²) in [4.78, 5) is 18.4. The monoisotopic (exact) mass is 275 g/mol. The molecule has 1 amide bonds. The Labute approximate surface area is 121 Å². The summed E-state index contributed by atoms with van der Waals surface area (Å²) < 4.78 is 0. The van der Waals surface area contributed by atoms with Crippen LogP contribution in [-0.2, 0) is 11.2 Å². The summed E-state index contributed by atoms with van der Waals surface area (Å²) in [5.41, 5.74) is 1.05. The number of amides is 1. The fourth-order valence-corrected chi connectivity index (χ4v) is 3.12. The smallest absolute Gasteiger partial charge is 0.229 e. The van der Waals surface area contributed by atoms with Gasteiger partial charge in [-0.2, -0.15) is 0 Å². The van der Waals surface area contributed by atoms with Gasteiger partial charge in [-0.1, -0.05) is 6.07 Å². The van der Waals surface area contributed by atoms with Gasteiger partial charge in [0.2, 0.25) is 5.91 Å². The SMILES string of the molecule is CN(C)C(=O)[C@@]1(CCCc2cccnc2)CCCNC1. The predicted molar refractivity (Wildman–Crippen MR) is 80.4 cm³/mol. The molecule has 0 unspecified atom stereocenters. The van der Waals surface area contributed by atoms with Crippen molar-refractivity contribution in [1.82, 2.24) is 15.2 Å². The first-order chi connectivity index (χ1) is 9.64. The summed E-state index contributed by atoms with van der Waals surface area (Å²) in [5.74, 6) is 0.274. The van der Waals surface area contributed by atoms with Crippen molar-refractivity contribution in [3.05, 3.63) is 30.1 Å². The highest BCUT2D eigenvalue weighted by atomic mass is 16.2. The van der Waals surface area contributed by atoms with Crippen LogP contribution in [0.4, 0.5) is 0 Å². The first-order valence-electron chi connectivity index (χ1n) is 7.45. The minimum absolute atomic E-state index is 0.204. The number of piperidine rings is 1. The maximum atomic E-state index is 12.5. The summed E-state index contributed by atoms with van der Waals surface area (Å²) in [5, 5.41) is 3.40. The number of aryl methyl sites for hydroxylation is 1. The van der Waals surface area contributed by atoms with E-state index in [4.69, 9.17) is 0 Å². The zero-order valence-electron chi connectivity index (χ0n) is 12.6. The number of pyridine rings is 1. The molecule has 1 aromatic rings. The van der Waals surface area contributed by atoms with Crippen LogP contribution in [0.2, 0.25) is 0 Å². The number of rotatable bonds is 5. The van der Waals surface area contributed by atoms with Crippen LogP contribution in [0.1, 0.15) is 31.2 Å². The molecule has 20 heavy (non-hydrogen) atoms. The van der Waals surface area contributed by atoms with Crippen LogP contribution in [0.15, 0.2) is 24.5 Å². The van der Waals surface area contributed by atoms with Gasteiger partial charge in [-0.25, -0.2) is 0 Å². The lowest BCUT2D eigenvalue weighted by Gasteiger charge is -2.38. The number of hydrogen-bond acceptors (Lipinski definition) is 3. The second-order valence-electron chi connectivity index (χ2n) is 5.98. The molecular weight excluding hydrogens is 250 g/mol. The number of hydrogen-bond donors (Lipinski definition) is 1. The molecule has 1 N–H and O–H groups in total. The summed E-state index contributed by atoms with van der Waals surface area (Å²) in [7, 11) is 3.72. The van der Waals surface area contributed by atoms with E-state index in [-0.39, 0.29) is 11.3 Å². The van der Waals surface area contributed by atoms with E-state index < -0.39 is 0 Å². The number of aromatic nitrogens is 1. The normalized spacial score (nSPS) is 22.5. The third kappa shape index (κ3) is 3.57. The molecule has 0 aromatic carbocycles. The van der Waals surface area contributed by atoms with Crippen molar-refractivity contribution < 1.29 is 4.79 Å². The van der Waals surface area contributed by atoms with E-state index in [1.807, 2.05) is 26.4 Å².